The molecule has 0 atom stereocenters. The summed E-state index contributed by atoms with van der Waals surface area (Å²) in [7, 11) is 0. The first kappa shape index (κ1) is 13.1. The number of nitrogen functional groups attached to an aromatic ring is 1. The van der Waals surface area contributed by atoms with Crippen molar-refractivity contribution >= 4 is 22.2 Å². The largest absolute Gasteiger partial charge is 0.390 e. The quantitative estimate of drug-likeness (QED) is 0.911. The summed E-state index contributed by atoms with van der Waals surface area (Å²) in [5.41, 5.74) is 8.90. The number of aromatic nitrogens is 1. The van der Waals surface area contributed by atoms with Crippen molar-refractivity contribution in [2.75, 3.05) is 5.73 Å². The van der Waals surface area contributed by atoms with E-state index in [1.54, 1.807) is 23.7 Å². The topological polar surface area (TPSA) is 68.0 Å². The molecule has 0 fully saturated rings. The highest BCUT2D eigenvalue weighted by molar-refractivity contribution is 7.16. The normalized spacial score (nSPS) is 13.8. The van der Waals surface area contributed by atoms with E-state index in [2.05, 4.69) is 10.3 Å². The average molecular weight is 287 g/mol. The fraction of sp³-hybridized carbons (Fsp3) is 0.333. The number of nitrogens with one attached hydrogen (secondary N) is 1. The summed E-state index contributed by atoms with van der Waals surface area (Å²) in [6, 6.07) is 3.81. The molecule has 2 heterocycles. The lowest BCUT2D eigenvalue weighted by atomic mass is 9.95. The van der Waals surface area contributed by atoms with Gasteiger partial charge in [0.25, 0.3) is 5.91 Å². The first-order valence-corrected chi connectivity index (χ1v) is 7.64. The van der Waals surface area contributed by atoms with Gasteiger partial charge < -0.3 is 11.1 Å². The Balaban J connectivity index is 1.76. The second-order valence-electron chi connectivity index (χ2n) is 4.99. The van der Waals surface area contributed by atoms with Crippen LogP contribution in [0.1, 0.15) is 39.2 Å². The van der Waals surface area contributed by atoms with E-state index in [0.29, 0.717) is 17.1 Å². The van der Waals surface area contributed by atoms with E-state index >= 15 is 0 Å². The summed E-state index contributed by atoms with van der Waals surface area (Å²) in [5, 5.41) is 3.59. The van der Waals surface area contributed by atoms with Crippen LogP contribution in [0.4, 0.5) is 5.00 Å². The molecule has 0 radical (unpaired) electrons. The number of carbonyl (C=O) groups excluding carboxylic acids is 1. The molecule has 0 saturated heterocycles. The minimum Gasteiger partial charge on any atom is -0.390 e. The summed E-state index contributed by atoms with van der Waals surface area (Å²) in [6.45, 7) is 0.483. The number of aryl methyl sites for hydroxylation is 1. The average Bonchev–Trinajstić information content (AvgIpc) is 2.82. The second-order valence-corrected chi connectivity index (χ2v) is 6.13. The second kappa shape index (κ2) is 5.63. The molecule has 104 valence electrons. The summed E-state index contributed by atoms with van der Waals surface area (Å²) in [6.07, 6.45) is 7.85. The Hall–Kier alpha value is -1.88. The zero-order chi connectivity index (χ0) is 13.9. The number of fused-ring (bicyclic) bond motifs is 1. The molecule has 4 nitrogen and oxygen atoms in total. The zero-order valence-electron chi connectivity index (χ0n) is 11.2. The lowest BCUT2D eigenvalue weighted by molar-refractivity contribution is 0.0951. The molecular weight excluding hydrogens is 270 g/mol. The molecule has 0 bridgehead atoms. The van der Waals surface area contributed by atoms with E-state index < -0.39 is 0 Å². The van der Waals surface area contributed by atoms with Crippen LogP contribution >= 0.6 is 11.3 Å². The number of nitrogens with two attached hydrogens (primary N) is 1. The lowest BCUT2D eigenvalue weighted by Gasteiger charge is -2.12. The maximum absolute atomic E-state index is 12.4. The van der Waals surface area contributed by atoms with Crippen molar-refractivity contribution in [1.29, 1.82) is 0 Å². The van der Waals surface area contributed by atoms with Crippen molar-refractivity contribution in [1.82, 2.24) is 10.3 Å². The number of anilines is 1. The van der Waals surface area contributed by atoms with E-state index in [1.807, 2.05) is 12.1 Å². The highest BCUT2D eigenvalue weighted by atomic mass is 32.1. The van der Waals surface area contributed by atoms with Gasteiger partial charge in [-0.25, -0.2) is 0 Å². The molecule has 0 saturated carbocycles. The molecule has 2 aromatic rings. The molecule has 0 spiro atoms. The van der Waals surface area contributed by atoms with Crippen molar-refractivity contribution in [3.8, 4) is 0 Å². The van der Waals surface area contributed by atoms with Crippen molar-refractivity contribution in [3.05, 3.63) is 46.1 Å². The Bertz CT molecular complexity index is 622. The highest BCUT2D eigenvalue weighted by Crippen LogP contribution is 2.36. The summed E-state index contributed by atoms with van der Waals surface area (Å²) < 4.78 is 0. The molecule has 3 rings (SSSR count). The summed E-state index contributed by atoms with van der Waals surface area (Å²) in [5.74, 6) is -0.0641. The molecular formula is C15H17N3OS. The Morgan fingerprint density at radius 1 is 1.40 bits per heavy atom. The first-order valence-electron chi connectivity index (χ1n) is 6.83. The number of hydrogen-bond donors (Lipinski definition) is 2. The molecule has 2 aromatic heterocycles. The molecule has 1 aliphatic rings. The van der Waals surface area contributed by atoms with Gasteiger partial charge in [0.15, 0.2) is 0 Å². The fourth-order valence-corrected chi connectivity index (χ4v) is 3.77. The van der Waals surface area contributed by atoms with Gasteiger partial charge in [-0.3, -0.25) is 9.78 Å². The third-order valence-electron chi connectivity index (χ3n) is 3.60. The van der Waals surface area contributed by atoms with Crippen LogP contribution in [0, 0.1) is 0 Å². The smallest absolute Gasteiger partial charge is 0.254 e. The molecule has 0 aliphatic heterocycles. The molecule has 0 aromatic carbocycles. The van der Waals surface area contributed by atoms with Crippen molar-refractivity contribution < 1.29 is 4.79 Å². The molecule has 1 aliphatic carbocycles. The maximum atomic E-state index is 12.4. The van der Waals surface area contributed by atoms with Crippen LogP contribution in [0.5, 0.6) is 0 Å². The Labute approximate surface area is 122 Å². The van der Waals surface area contributed by atoms with Gasteiger partial charge in [-0.15, -0.1) is 11.3 Å². The number of pyridine rings is 1. The predicted octanol–water partition coefficient (Wildman–Crippen LogP) is 2.53. The number of rotatable bonds is 3. The van der Waals surface area contributed by atoms with E-state index in [4.69, 9.17) is 5.73 Å². The van der Waals surface area contributed by atoms with Crippen LogP contribution in [0.15, 0.2) is 24.5 Å². The van der Waals surface area contributed by atoms with Gasteiger partial charge in [0, 0.05) is 23.8 Å². The predicted molar refractivity (Wildman–Crippen MR) is 80.8 cm³/mol. The molecule has 3 N–H and O–H groups in total. The number of nitrogens with zero attached hydrogens (tertiary/aromatic N) is 1. The Kier molecular flexibility index (Phi) is 3.69. The number of carbonyl (C=O) groups is 1. The van der Waals surface area contributed by atoms with E-state index in [1.165, 1.54) is 16.9 Å². The van der Waals surface area contributed by atoms with Crippen LogP contribution in [-0.2, 0) is 19.4 Å². The van der Waals surface area contributed by atoms with Crippen LogP contribution in [0.25, 0.3) is 0 Å². The van der Waals surface area contributed by atoms with Gasteiger partial charge >= 0.3 is 0 Å². The fourth-order valence-electron chi connectivity index (χ4n) is 2.61. The standard InChI is InChI=1S/C15H17N3OS/c16-14-13(11-5-1-2-6-12(11)20-14)15(19)18-9-10-4-3-7-17-8-10/h3-4,7-8H,1-2,5-6,9,16H2,(H,18,19). The first-order chi connectivity index (χ1) is 9.75. The summed E-state index contributed by atoms with van der Waals surface area (Å²) >= 11 is 1.57. The van der Waals surface area contributed by atoms with E-state index in [-0.39, 0.29) is 5.91 Å². The van der Waals surface area contributed by atoms with Gasteiger partial charge in [0.1, 0.15) is 0 Å². The zero-order valence-corrected chi connectivity index (χ0v) is 12.0. The van der Waals surface area contributed by atoms with Gasteiger partial charge in [0.2, 0.25) is 0 Å². The van der Waals surface area contributed by atoms with E-state index in [9.17, 15) is 4.79 Å². The number of amides is 1. The molecule has 0 unspecified atom stereocenters. The minimum atomic E-state index is -0.0641. The number of thiophene rings is 1. The molecule has 1 amide bonds. The van der Waals surface area contributed by atoms with Crippen molar-refractivity contribution in [2.24, 2.45) is 0 Å². The van der Waals surface area contributed by atoms with Crippen LogP contribution in [0.3, 0.4) is 0 Å². The maximum Gasteiger partial charge on any atom is 0.254 e. The Morgan fingerprint density at radius 2 is 2.25 bits per heavy atom. The molecule has 5 heteroatoms. The lowest BCUT2D eigenvalue weighted by Crippen LogP contribution is -2.24. The molecule has 20 heavy (non-hydrogen) atoms. The number of hydrogen-bond acceptors (Lipinski definition) is 4. The monoisotopic (exact) mass is 287 g/mol. The van der Waals surface area contributed by atoms with Crippen LogP contribution in [0.2, 0.25) is 0 Å². The van der Waals surface area contributed by atoms with Crippen molar-refractivity contribution in [3.63, 3.8) is 0 Å². The van der Waals surface area contributed by atoms with Gasteiger partial charge in [0.05, 0.1) is 10.6 Å². The van der Waals surface area contributed by atoms with Gasteiger partial charge in [-0.2, -0.15) is 0 Å². The van der Waals surface area contributed by atoms with Gasteiger partial charge in [-0.05, 0) is 42.9 Å². The van der Waals surface area contributed by atoms with Gasteiger partial charge in [-0.1, -0.05) is 6.07 Å². The van der Waals surface area contributed by atoms with Crippen LogP contribution < -0.4 is 11.1 Å². The SMILES string of the molecule is Nc1sc2c(c1C(=O)NCc1cccnc1)CCCC2. The third-order valence-corrected chi connectivity index (χ3v) is 4.72. The van der Waals surface area contributed by atoms with Crippen molar-refractivity contribution in [2.45, 2.75) is 32.2 Å². The Morgan fingerprint density at radius 3 is 3.05 bits per heavy atom. The minimum absolute atomic E-state index is 0.0641. The van der Waals surface area contributed by atoms with Crippen LogP contribution in [-0.4, -0.2) is 10.9 Å². The van der Waals surface area contributed by atoms with E-state index in [0.717, 1.165) is 24.8 Å². The highest BCUT2D eigenvalue weighted by Gasteiger charge is 2.23. The third kappa shape index (κ3) is 2.54. The summed E-state index contributed by atoms with van der Waals surface area (Å²) in [4.78, 5) is 17.7.